The molecule has 0 aliphatic carbocycles. The van der Waals surface area contributed by atoms with Crippen molar-refractivity contribution in [1.82, 2.24) is 15.2 Å². The van der Waals surface area contributed by atoms with Crippen LogP contribution in [0.4, 0.5) is 0 Å². The van der Waals surface area contributed by atoms with Crippen LogP contribution in [0.1, 0.15) is 32.0 Å². The lowest BCUT2D eigenvalue weighted by molar-refractivity contribution is -0.0758. The Labute approximate surface area is 85.2 Å². The van der Waals surface area contributed by atoms with Crippen molar-refractivity contribution in [3.8, 4) is 0 Å². The molecular formula is C8H12BrN3O. The largest absolute Gasteiger partial charge is 0.367 e. The molecule has 1 saturated heterocycles. The Bertz CT molecular complexity index is 293. The third-order valence-corrected chi connectivity index (χ3v) is 2.78. The Morgan fingerprint density at radius 2 is 2.38 bits per heavy atom. The van der Waals surface area contributed by atoms with Crippen LogP contribution in [0.3, 0.4) is 0 Å². The first kappa shape index (κ1) is 9.15. The van der Waals surface area contributed by atoms with Gasteiger partial charge in [0.25, 0.3) is 0 Å². The zero-order chi connectivity index (χ0) is 9.31. The first-order chi connectivity index (χ1) is 6.21. The second kappa shape index (κ2) is 3.38. The van der Waals surface area contributed by atoms with E-state index in [2.05, 4.69) is 38.0 Å². The van der Waals surface area contributed by atoms with Gasteiger partial charge in [-0.25, -0.2) is 4.98 Å². The van der Waals surface area contributed by atoms with Gasteiger partial charge in [0.1, 0.15) is 5.60 Å². The molecule has 0 bridgehead atoms. The Kier molecular flexibility index (Phi) is 2.38. The quantitative estimate of drug-likeness (QED) is 0.824. The van der Waals surface area contributed by atoms with Gasteiger partial charge in [-0.3, -0.25) is 5.10 Å². The highest BCUT2D eigenvalue weighted by molar-refractivity contribution is 9.10. The Hall–Kier alpha value is -0.420. The third-order valence-electron chi connectivity index (χ3n) is 2.43. The molecule has 1 aromatic rings. The molecule has 1 atom stereocenters. The van der Waals surface area contributed by atoms with Crippen molar-refractivity contribution in [2.24, 2.45) is 0 Å². The summed E-state index contributed by atoms with van der Waals surface area (Å²) in [5.41, 5.74) is -0.267. The van der Waals surface area contributed by atoms with Crippen LogP contribution >= 0.6 is 15.9 Å². The van der Waals surface area contributed by atoms with Crippen molar-refractivity contribution in [3.63, 3.8) is 0 Å². The normalized spacial score (nSPS) is 29.1. The summed E-state index contributed by atoms with van der Waals surface area (Å²) in [4.78, 5) is 4.23. The molecule has 5 heteroatoms. The standard InChI is InChI=1S/C8H12BrN3O/c1-8(4-2-3-5-13-8)6-10-7(9)12-11-6/h2-5H2,1H3,(H,10,11,12). The van der Waals surface area contributed by atoms with Gasteiger partial charge < -0.3 is 4.74 Å². The van der Waals surface area contributed by atoms with Crippen molar-refractivity contribution >= 4 is 15.9 Å². The number of nitrogens with zero attached hydrogens (tertiary/aromatic N) is 2. The summed E-state index contributed by atoms with van der Waals surface area (Å²) >= 11 is 3.21. The lowest BCUT2D eigenvalue weighted by Gasteiger charge is -2.31. The number of hydrogen-bond acceptors (Lipinski definition) is 3. The van der Waals surface area contributed by atoms with E-state index < -0.39 is 0 Å². The van der Waals surface area contributed by atoms with Gasteiger partial charge in [0.05, 0.1) is 0 Å². The summed E-state index contributed by atoms with van der Waals surface area (Å²) in [7, 11) is 0. The van der Waals surface area contributed by atoms with Crippen LogP contribution < -0.4 is 0 Å². The van der Waals surface area contributed by atoms with Crippen molar-refractivity contribution < 1.29 is 4.74 Å². The predicted molar refractivity (Wildman–Crippen MR) is 51.2 cm³/mol. The highest BCUT2D eigenvalue weighted by atomic mass is 79.9. The van der Waals surface area contributed by atoms with E-state index in [-0.39, 0.29) is 5.60 Å². The van der Waals surface area contributed by atoms with Crippen LogP contribution in [0.2, 0.25) is 0 Å². The molecule has 1 aromatic heterocycles. The van der Waals surface area contributed by atoms with Crippen molar-refractivity contribution in [3.05, 3.63) is 10.6 Å². The van der Waals surface area contributed by atoms with E-state index in [0.29, 0.717) is 4.73 Å². The molecule has 0 aromatic carbocycles. The Balaban J connectivity index is 2.22. The number of hydrogen-bond donors (Lipinski definition) is 1. The maximum atomic E-state index is 5.71. The van der Waals surface area contributed by atoms with Crippen LogP contribution in [0.25, 0.3) is 0 Å². The summed E-state index contributed by atoms with van der Waals surface area (Å²) in [5, 5.41) is 6.82. The van der Waals surface area contributed by atoms with Crippen LogP contribution in [0.5, 0.6) is 0 Å². The summed E-state index contributed by atoms with van der Waals surface area (Å²) in [5.74, 6) is 0.819. The maximum Gasteiger partial charge on any atom is 0.217 e. The molecule has 1 N–H and O–H groups in total. The van der Waals surface area contributed by atoms with Gasteiger partial charge >= 0.3 is 0 Å². The molecule has 1 fully saturated rings. The second-order valence-corrected chi connectivity index (χ2v) is 4.20. The van der Waals surface area contributed by atoms with E-state index in [1.807, 2.05) is 0 Å². The Morgan fingerprint density at radius 3 is 2.92 bits per heavy atom. The van der Waals surface area contributed by atoms with E-state index in [9.17, 15) is 0 Å². The summed E-state index contributed by atoms with van der Waals surface area (Å²) < 4.78 is 6.31. The molecule has 13 heavy (non-hydrogen) atoms. The van der Waals surface area contributed by atoms with E-state index in [1.54, 1.807) is 0 Å². The van der Waals surface area contributed by atoms with Crippen molar-refractivity contribution in [2.45, 2.75) is 31.8 Å². The fourth-order valence-electron chi connectivity index (χ4n) is 1.60. The summed E-state index contributed by atoms with van der Waals surface area (Å²) in [6.07, 6.45) is 3.34. The first-order valence-corrected chi connectivity index (χ1v) is 5.22. The number of ether oxygens (including phenoxy) is 1. The molecule has 1 aliphatic heterocycles. The van der Waals surface area contributed by atoms with Crippen LogP contribution in [0, 0.1) is 0 Å². The highest BCUT2D eigenvalue weighted by Gasteiger charge is 2.33. The second-order valence-electron chi connectivity index (χ2n) is 3.49. The molecule has 1 aliphatic rings. The molecule has 2 rings (SSSR count). The molecule has 4 nitrogen and oxygen atoms in total. The van der Waals surface area contributed by atoms with Crippen LogP contribution in [-0.2, 0) is 10.3 Å². The molecule has 0 spiro atoms. The summed E-state index contributed by atoms with van der Waals surface area (Å²) in [6, 6.07) is 0. The monoisotopic (exact) mass is 245 g/mol. The van der Waals surface area contributed by atoms with Crippen molar-refractivity contribution in [2.75, 3.05) is 6.61 Å². The molecular weight excluding hydrogens is 234 g/mol. The molecule has 0 radical (unpaired) electrons. The van der Waals surface area contributed by atoms with Crippen LogP contribution in [0.15, 0.2) is 4.73 Å². The number of halogens is 1. The number of nitrogens with one attached hydrogen (secondary N) is 1. The van der Waals surface area contributed by atoms with Gasteiger partial charge in [-0.15, -0.1) is 5.10 Å². The van der Waals surface area contributed by atoms with Gasteiger partial charge in [-0.05, 0) is 42.1 Å². The minimum absolute atomic E-state index is 0.267. The van der Waals surface area contributed by atoms with Gasteiger partial charge in [0.15, 0.2) is 5.82 Å². The minimum atomic E-state index is -0.267. The summed E-state index contributed by atoms with van der Waals surface area (Å²) in [6.45, 7) is 2.87. The van der Waals surface area contributed by atoms with E-state index in [0.717, 1.165) is 25.3 Å². The molecule has 2 heterocycles. The average molecular weight is 246 g/mol. The number of aromatic amines is 1. The number of rotatable bonds is 1. The first-order valence-electron chi connectivity index (χ1n) is 4.43. The molecule has 72 valence electrons. The van der Waals surface area contributed by atoms with Crippen LogP contribution in [-0.4, -0.2) is 21.8 Å². The fourth-order valence-corrected chi connectivity index (χ4v) is 1.86. The highest BCUT2D eigenvalue weighted by Crippen LogP contribution is 2.32. The van der Waals surface area contributed by atoms with E-state index >= 15 is 0 Å². The Morgan fingerprint density at radius 1 is 1.54 bits per heavy atom. The van der Waals surface area contributed by atoms with Gasteiger partial charge in [-0.1, -0.05) is 0 Å². The lowest BCUT2D eigenvalue weighted by atomic mass is 9.95. The molecule has 1 unspecified atom stereocenters. The predicted octanol–water partition coefficient (Wildman–Crippen LogP) is 1.98. The average Bonchev–Trinajstić information content (AvgIpc) is 2.54. The van der Waals surface area contributed by atoms with Gasteiger partial charge in [-0.2, -0.15) is 0 Å². The lowest BCUT2D eigenvalue weighted by Crippen LogP contribution is -2.31. The smallest absolute Gasteiger partial charge is 0.217 e. The van der Waals surface area contributed by atoms with E-state index in [1.165, 1.54) is 6.42 Å². The number of aromatic nitrogens is 3. The molecule has 0 saturated carbocycles. The fraction of sp³-hybridized carbons (Fsp3) is 0.750. The topological polar surface area (TPSA) is 50.8 Å². The maximum absolute atomic E-state index is 5.71. The molecule has 0 amide bonds. The zero-order valence-corrected chi connectivity index (χ0v) is 9.10. The minimum Gasteiger partial charge on any atom is -0.367 e. The number of H-pyrrole nitrogens is 1. The zero-order valence-electron chi connectivity index (χ0n) is 7.51. The third kappa shape index (κ3) is 1.76. The van der Waals surface area contributed by atoms with Gasteiger partial charge in [0.2, 0.25) is 4.73 Å². The SMILES string of the molecule is CC1(c2nc(Br)n[nH]2)CCCCO1. The van der Waals surface area contributed by atoms with Crippen molar-refractivity contribution in [1.29, 1.82) is 0 Å². The van der Waals surface area contributed by atoms with Gasteiger partial charge in [0, 0.05) is 6.61 Å². The van der Waals surface area contributed by atoms with E-state index in [4.69, 9.17) is 4.74 Å².